The number of likely N-dealkylation sites (N-methyl/N-ethyl adjacent to an activating group) is 1. The summed E-state index contributed by atoms with van der Waals surface area (Å²) in [5.74, 6) is -0.367. The summed E-state index contributed by atoms with van der Waals surface area (Å²) in [7, 11) is 3.32. The van der Waals surface area contributed by atoms with Gasteiger partial charge in [0.05, 0.1) is 6.61 Å². The summed E-state index contributed by atoms with van der Waals surface area (Å²) < 4.78 is 4.85. The fraction of sp³-hybridized carbons (Fsp3) is 0.889. The molecule has 0 aliphatic rings. The molecule has 0 fully saturated rings. The Hall–Kier alpha value is -0.610. The minimum atomic E-state index is -0.829. The van der Waals surface area contributed by atoms with Crippen molar-refractivity contribution in [3.05, 3.63) is 0 Å². The maximum absolute atomic E-state index is 10.8. The van der Waals surface area contributed by atoms with Crippen molar-refractivity contribution in [2.75, 3.05) is 27.3 Å². The van der Waals surface area contributed by atoms with Gasteiger partial charge >= 0.3 is 5.97 Å². The summed E-state index contributed by atoms with van der Waals surface area (Å²) in [5, 5.41) is 8.87. The van der Waals surface area contributed by atoms with Crippen molar-refractivity contribution in [1.82, 2.24) is 4.90 Å². The average molecular weight is 189 g/mol. The smallest absolute Gasteiger partial charge is 0.323 e. The van der Waals surface area contributed by atoms with E-state index in [-0.39, 0.29) is 6.61 Å². The molecular weight excluding hydrogens is 170 g/mol. The quantitative estimate of drug-likeness (QED) is 0.667. The molecule has 13 heavy (non-hydrogen) atoms. The molecule has 0 amide bonds. The number of carboxylic acids is 1. The first-order valence-corrected chi connectivity index (χ1v) is 4.41. The van der Waals surface area contributed by atoms with Crippen LogP contribution in [0.15, 0.2) is 0 Å². The third-order valence-corrected chi connectivity index (χ3v) is 1.79. The molecule has 1 unspecified atom stereocenters. The summed E-state index contributed by atoms with van der Waals surface area (Å²) in [5.41, 5.74) is 0. The molecule has 0 aromatic heterocycles. The van der Waals surface area contributed by atoms with Crippen molar-refractivity contribution >= 4 is 5.97 Å². The Balaban J connectivity index is 4.10. The lowest BCUT2D eigenvalue weighted by molar-refractivity contribution is -0.144. The predicted molar refractivity (Wildman–Crippen MR) is 50.8 cm³/mol. The molecule has 0 aromatic carbocycles. The van der Waals surface area contributed by atoms with Crippen LogP contribution in [0.2, 0.25) is 0 Å². The summed E-state index contributed by atoms with van der Waals surface area (Å²) in [4.78, 5) is 12.6. The first kappa shape index (κ1) is 12.4. The lowest BCUT2D eigenvalue weighted by Crippen LogP contribution is -2.43. The maximum atomic E-state index is 10.8. The van der Waals surface area contributed by atoms with Crippen LogP contribution in [0.5, 0.6) is 0 Å². The zero-order valence-corrected chi connectivity index (χ0v) is 8.78. The van der Waals surface area contributed by atoms with Gasteiger partial charge in [0.1, 0.15) is 6.04 Å². The highest BCUT2D eigenvalue weighted by Gasteiger charge is 2.22. The van der Waals surface area contributed by atoms with Crippen molar-refractivity contribution < 1.29 is 14.6 Å². The minimum Gasteiger partial charge on any atom is -0.480 e. The Labute approximate surface area is 79.5 Å². The van der Waals surface area contributed by atoms with Crippen LogP contribution in [0.3, 0.4) is 0 Å². The van der Waals surface area contributed by atoms with Crippen molar-refractivity contribution in [2.45, 2.75) is 19.9 Å². The van der Waals surface area contributed by atoms with Crippen LogP contribution in [0.4, 0.5) is 0 Å². The first-order chi connectivity index (χ1) is 5.99. The fourth-order valence-electron chi connectivity index (χ4n) is 1.25. The van der Waals surface area contributed by atoms with Gasteiger partial charge in [-0.25, -0.2) is 0 Å². The van der Waals surface area contributed by atoms with Crippen LogP contribution in [0.25, 0.3) is 0 Å². The van der Waals surface area contributed by atoms with Gasteiger partial charge in [0.25, 0.3) is 0 Å². The topological polar surface area (TPSA) is 49.8 Å². The first-order valence-electron chi connectivity index (χ1n) is 4.41. The Morgan fingerprint density at radius 2 is 2.08 bits per heavy atom. The van der Waals surface area contributed by atoms with E-state index in [1.807, 2.05) is 0 Å². The molecule has 78 valence electrons. The average Bonchev–Trinajstić information content (AvgIpc) is 1.97. The van der Waals surface area contributed by atoms with Crippen molar-refractivity contribution in [3.8, 4) is 0 Å². The van der Waals surface area contributed by atoms with Gasteiger partial charge in [-0.2, -0.15) is 0 Å². The monoisotopic (exact) mass is 189 g/mol. The molecule has 0 aromatic rings. The molecule has 0 saturated heterocycles. The summed E-state index contributed by atoms with van der Waals surface area (Å²) >= 11 is 0. The highest BCUT2D eigenvalue weighted by atomic mass is 16.5. The van der Waals surface area contributed by atoms with E-state index in [0.717, 1.165) is 6.54 Å². The number of hydrogen-bond donors (Lipinski definition) is 1. The van der Waals surface area contributed by atoms with Gasteiger partial charge < -0.3 is 9.84 Å². The number of methoxy groups -OCH3 is 1. The Bertz CT molecular complexity index is 159. The number of ether oxygens (including phenoxy) is 1. The van der Waals surface area contributed by atoms with E-state index in [1.165, 1.54) is 7.11 Å². The predicted octanol–water partition coefficient (Wildman–Crippen LogP) is 0.674. The molecule has 0 heterocycles. The zero-order chi connectivity index (χ0) is 10.4. The lowest BCUT2D eigenvalue weighted by Gasteiger charge is -2.25. The molecular formula is C9H19NO3. The third kappa shape index (κ3) is 4.85. The van der Waals surface area contributed by atoms with Crippen molar-refractivity contribution in [1.29, 1.82) is 0 Å². The second-order valence-electron chi connectivity index (χ2n) is 3.64. The van der Waals surface area contributed by atoms with E-state index in [1.54, 1.807) is 11.9 Å². The molecule has 0 bridgehead atoms. The van der Waals surface area contributed by atoms with Gasteiger partial charge in [-0.3, -0.25) is 9.69 Å². The fourth-order valence-corrected chi connectivity index (χ4v) is 1.25. The standard InChI is InChI=1S/C9H19NO3/c1-7(2)5-10(3)8(6-13-4)9(11)12/h7-8H,5-6H2,1-4H3,(H,11,12). The summed E-state index contributed by atoms with van der Waals surface area (Å²) in [6.45, 7) is 5.11. The molecule has 0 aliphatic heterocycles. The molecule has 1 atom stereocenters. The minimum absolute atomic E-state index is 0.235. The molecule has 0 rings (SSSR count). The highest BCUT2D eigenvalue weighted by molar-refractivity contribution is 5.73. The van der Waals surface area contributed by atoms with E-state index in [2.05, 4.69) is 13.8 Å². The van der Waals surface area contributed by atoms with Crippen LogP contribution >= 0.6 is 0 Å². The highest BCUT2D eigenvalue weighted by Crippen LogP contribution is 2.02. The van der Waals surface area contributed by atoms with E-state index in [4.69, 9.17) is 9.84 Å². The van der Waals surface area contributed by atoms with Crippen molar-refractivity contribution in [3.63, 3.8) is 0 Å². The molecule has 0 aliphatic carbocycles. The van der Waals surface area contributed by atoms with Crippen LogP contribution in [0, 0.1) is 5.92 Å². The Morgan fingerprint density at radius 1 is 1.54 bits per heavy atom. The second kappa shape index (κ2) is 5.94. The van der Waals surface area contributed by atoms with E-state index in [0.29, 0.717) is 5.92 Å². The largest absolute Gasteiger partial charge is 0.480 e. The summed E-state index contributed by atoms with van der Waals surface area (Å²) in [6, 6.07) is -0.535. The Morgan fingerprint density at radius 3 is 2.38 bits per heavy atom. The normalized spacial score (nSPS) is 13.7. The van der Waals surface area contributed by atoms with Gasteiger partial charge in [-0.05, 0) is 13.0 Å². The van der Waals surface area contributed by atoms with Gasteiger partial charge in [0, 0.05) is 13.7 Å². The van der Waals surface area contributed by atoms with E-state index in [9.17, 15) is 4.79 Å². The van der Waals surface area contributed by atoms with Crippen LogP contribution in [-0.4, -0.2) is 49.3 Å². The van der Waals surface area contributed by atoms with Gasteiger partial charge in [0.2, 0.25) is 0 Å². The lowest BCUT2D eigenvalue weighted by atomic mass is 10.2. The maximum Gasteiger partial charge on any atom is 0.323 e. The third-order valence-electron chi connectivity index (χ3n) is 1.79. The van der Waals surface area contributed by atoms with Crippen LogP contribution < -0.4 is 0 Å². The number of carboxylic acid groups (broad SMARTS) is 1. The molecule has 4 heteroatoms. The zero-order valence-electron chi connectivity index (χ0n) is 8.78. The number of nitrogens with zero attached hydrogens (tertiary/aromatic N) is 1. The van der Waals surface area contributed by atoms with Crippen LogP contribution in [0.1, 0.15) is 13.8 Å². The number of rotatable bonds is 6. The van der Waals surface area contributed by atoms with Gasteiger partial charge in [-0.15, -0.1) is 0 Å². The molecule has 0 saturated carbocycles. The second-order valence-corrected chi connectivity index (χ2v) is 3.64. The molecule has 4 nitrogen and oxygen atoms in total. The van der Waals surface area contributed by atoms with E-state index < -0.39 is 12.0 Å². The van der Waals surface area contributed by atoms with Gasteiger partial charge in [-0.1, -0.05) is 13.8 Å². The summed E-state index contributed by atoms with van der Waals surface area (Å²) in [6.07, 6.45) is 0. The number of hydrogen-bond acceptors (Lipinski definition) is 3. The van der Waals surface area contributed by atoms with Crippen LogP contribution in [-0.2, 0) is 9.53 Å². The number of carbonyl (C=O) groups is 1. The van der Waals surface area contributed by atoms with Gasteiger partial charge in [0.15, 0.2) is 0 Å². The van der Waals surface area contributed by atoms with Crippen molar-refractivity contribution in [2.24, 2.45) is 5.92 Å². The Kier molecular flexibility index (Phi) is 5.66. The molecule has 0 radical (unpaired) electrons. The molecule has 1 N–H and O–H groups in total. The van der Waals surface area contributed by atoms with E-state index >= 15 is 0 Å². The molecule has 0 spiro atoms. The SMILES string of the molecule is COCC(C(=O)O)N(C)CC(C)C. The number of aliphatic carboxylic acids is 1.